The van der Waals surface area contributed by atoms with Crippen LogP contribution in [0.1, 0.15) is 50.4 Å². The van der Waals surface area contributed by atoms with Crippen LogP contribution in [0, 0.1) is 17.6 Å². The maximum atomic E-state index is 14.5. The second-order valence-corrected chi connectivity index (χ2v) is 9.42. The fourth-order valence-electron chi connectivity index (χ4n) is 4.30. The third-order valence-electron chi connectivity index (χ3n) is 6.20. The second-order valence-electron chi connectivity index (χ2n) is 9.42. The summed E-state index contributed by atoms with van der Waals surface area (Å²) >= 11 is 0. The van der Waals surface area contributed by atoms with E-state index in [1.165, 1.54) is 29.9 Å². The van der Waals surface area contributed by atoms with E-state index in [9.17, 15) is 28.6 Å². The Bertz CT molecular complexity index is 820. The molecule has 0 aliphatic carbocycles. The number of aliphatic hydroxyl groups excluding tert-OH is 2. The monoisotopic (exact) mass is 500 g/mol. The lowest BCUT2D eigenvalue weighted by atomic mass is 9.99. The second kappa shape index (κ2) is 13.8. The highest BCUT2D eigenvalue weighted by molar-refractivity contribution is 5.95. The molecule has 4 atom stereocenters. The van der Waals surface area contributed by atoms with E-state index in [-0.39, 0.29) is 44.7 Å². The Morgan fingerprint density at radius 2 is 1.83 bits per heavy atom. The molecule has 35 heavy (non-hydrogen) atoms. The van der Waals surface area contributed by atoms with E-state index in [1.54, 1.807) is 0 Å². The first-order valence-corrected chi connectivity index (χ1v) is 12.0. The van der Waals surface area contributed by atoms with Gasteiger partial charge in [0.15, 0.2) is 0 Å². The van der Waals surface area contributed by atoms with Gasteiger partial charge in [-0.3, -0.25) is 9.59 Å². The molecule has 1 saturated heterocycles. The van der Waals surface area contributed by atoms with E-state index >= 15 is 0 Å². The first-order chi connectivity index (χ1) is 16.6. The van der Waals surface area contributed by atoms with Gasteiger partial charge in [-0.15, -0.1) is 0 Å². The van der Waals surface area contributed by atoms with Crippen molar-refractivity contribution in [1.82, 2.24) is 9.80 Å². The molecule has 1 aromatic rings. The number of rotatable bonds is 4. The Balaban J connectivity index is 2.47. The Morgan fingerprint density at radius 1 is 1.17 bits per heavy atom. The molecule has 198 valence electrons. The van der Waals surface area contributed by atoms with Crippen LogP contribution in [0.5, 0.6) is 0 Å². The molecule has 1 aliphatic rings. The minimum atomic E-state index is -1.31. The lowest BCUT2D eigenvalue weighted by molar-refractivity contribution is -0.137. The smallest absolute Gasteiger partial charge is 0.260 e. The summed E-state index contributed by atoms with van der Waals surface area (Å²) in [6, 6.07) is 2.75. The van der Waals surface area contributed by atoms with Gasteiger partial charge in [0.05, 0.1) is 6.61 Å². The zero-order chi connectivity index (χ0) is 26.1. The van der Waals surface area contributed by atoms with Crippen LogP contribution in [-0.2, 0) is 14.3 Å². The number of halogens is 2. The molecule has 0 spiro atoms. The van der Waals surface area contributed by atoms with Gasteiger partial charge in [-0.2, -0.15) is 0 Å². The zero-order valence-electron chi connectivity index (χ0n) is 21.0. The third kappa shape index (κ3) is 8.20. The lowest BCUT2D eigenvalue weighted by Gasteiger charge is -2.38. The number of hydrogen-bond donors (Lipinski definition) is 2. The molecule has 0 radical (unpaired) electrons. The fraction of sp³-hybridized carbons (Fsp3) is 0.680. The first kappa shape index (κ1) is 29.1. The predicted molar refractivity (Wildman–Crippen MR) is 126 cm³/mol. The number of benzene rings is 1. The normalized spacial score (nSPS) is 25.4. The summed E-state index contributed by atoms with van der Waals surface area (Å²) in [5.41, 5.74) is -0.624. The van der Waals surface area contributed by atoms with Crippen LogP contribution in [0.2, 0.25) is 0 Å². The lowest BCUT2D eigenvalue weighted by Crippen LogP contribution is -2.53. The largest absolute Gasteiger partial charge is 0.388 e. The van der Waals surface area contributed by atoms with Gasteiger partial charge >= 0.3 is 0 Å². The Morgan fingerprint density at radius 3 is 2.40 bits per heavy atom. The minimum Gasteiger partial charge on any atom is -0.388 e. The molecule has 0 saturated carbocycles. The standard InChI is InChI=1S/C25H38F2N2O6/c1-16(2)12-18-13-28(17(3)30)14-22(34-4)24(32)21(31)15-35-11-6-5-10-29(18)25(33)23-19(26)8-7-9-20(23)27/h7-9,16,18,21-22,24,31-32H,5-6,10-15H2,1-4H3/t18-,21+,22+,24+/m0/s1. The topological polar surface area (TPSA) is 99.5 Å². The minimum absolute atomic E-state index is 0.0469. The average molecular weight is 501 g/mol. The van der Waals surface area contributed by atoms with Gasteiger partial charge in [-0.05, 0) is 37.3 Å². The Labute approximate surface area is 205 Å². The summed E-state index contributed by atoms with van der Waals surface area (Å²) < 4.78 is 39.9. The molecule has 8 nitrogen and oxygen atoms in total. The van der Waals surface area contributed by atoms with Crippen LogP contribution in [0.3, 0.4) is 0 Å². The summed E-state index contributed by atoms with van der Waals surface area (Å²) in [5.74, 6) is -2.87. The van der Waals surface area contributed by atoms with E-state index in [2.05, 4.69) is 0 Å². The first-order valence-electron chi connectivity index (χ1n) is 12.0. The van der Waals surface area contributed by atoms with Crippen molar-refractivity contribution in [2.45, 2.75) is 64.4 Å². The van der Waals surface area contributed by atoms with Crippen molar-refractivity contribution in [1.29, 1.82) is 0 Å². The van der Waals surface area contributed by atoms with E-state index in [0.29, 0.717) is 19.3 Å². The summed E-state index contributed by atoms with van der Waals surface area (Å²) in [4.78, 5) is 28.9. The number of carbonyl (C=O) groups excluding carboxylic acids is 2. The van der Waals surface area contributed by atoms with E-state index in [4.69, 9.17) is 9.47 Å². The molecule has 2 amide bonds. The number of nitrogens with zero attached hydrogens (tertiary/aromatic N) is 2. The highest BCUT2D eigenvalue weighted by Gasteiger charge is 2.34. The van der Waals surface area contributed by atoms with Crippen molar-refractivity contribution >= 4 is 11.8 Å². The van der Waals surface area contributed by atoms with E-state index in [0.717, 1.165) is 12.1 Å². The number of hydrogen-bond acceptors (Lipinski definition) is 6. The van der Waals surface area contributed by atoms with Gasteiger partial charge in [0.1, 0.15) is 35.5 Å². The highest BCUT2D eigenvalue weighted by atomic mass is 19.1. The predicted octanol–water partition coefficient (Wildman–Crippen LogP) is 2.22. The van der Waals surface area contributed by atoms with Crippen molar-refractivity contribution in [2.24, 2.45) is 5.92 Å². The molecule has 0 aromatic heterocycles. The number of aliphatic hydroxyl groups is 2. The number of methoxy groups -OCH3 is 1. The van der Waals surface area contributed by atoms with Gasteiger partial charge in [0.25, 0.3) is 5.91 Å². The fourth-order valence-corrected chi connectivity index (χ4v) is 4.30. The maximum Gasteiger partial charge on any atom is 0.260 e. The maximum absolute atomic E-state index is 14.5. The highest BCUT2D eigenvalue weighted by Crippen LogP contribution is 2.22. The molecule has 10 heteroatoms. The summed E-state index contributed by atoms with van der Waals surface area (Å²) in [6.07, 6.45) is -1.94. The molecule has 1 heterocycles. The van der Waals surface area contributed by atoms with Crippen LogP contribution < -0.4 is 0 Å². The van der Waals surface area contributed by atoms with Gasteiger partial charge in [-0.25, -0.2) is 8.78 Å². The van der Waals surface area contributed by atoms with E-state index < -0.39 is 47.5 Å². The number of amides is 2. The van der Waals surface area contributed by atoms with Crippen LogP contribution in [0.4, 0.5) is 8.78 Å². The molecule has 1 fully saturated rings. The molecule has 2 rings (SSSR count). The average Bonchev–Trinajstić information content (AvgIpc) is 2.78. The van der Waals surface area contributed by atoms with Gasteiger partial charge in [-0.1, -0.05) is 19.9 Å². The summed E-state index contributed by atoms with van der Waals surface area (Å²) in [5, 5.41) is 20.9. The van der Waals surface area contributed by atoms with Gasteiger partial charge in [0.2, 0.25) is 5.91 Å². The zero-order valence-corrected chi connectivity index (χ0v) is 21.0. The number of carbonyl (C=O) groups is 2. The molecule has 1 aliphatic heterocycles. The summed E-state index contributed by atoms with van der Waals surface area (Å²) in [6.45, 7) is 5.66. The van der Waals surface area contributed by atoms with Gasteiger partial charge in [0, 0.05) is 46.3 Å². The molecule has 0 unspecified atom stereocenters. The quantitative estimate of drug-likeness (QED) is 0.658. The van der Waals surface area contributed by atoms with Crippen molar-refractivity contribution in [3.05, 3.63) is 35.4 Å². The van der Waals surface area contributed by atoms with Crippen LogP contribution in [-0.4, -0.2) is 96.1 Å². The SMILES string of the molecule is CO[C@@H]1CN(C(C)=O)C[C@H](CC(C)C)N(C(=O)c2c(F)cccc2F)CCCCOC[C@@H](O)[C@H]1O. The molecule has 2 N–H and O–H groups in total. The van der Waals surface area contributed by atoms with Crippen molar-refractivity contribution in [3.63, 3.8) is 0 Å². The molecular formula is C25H38F2N2O6. The molecule has 1 aromatic carbocycles. The molecular weight excluding hydrogens is 462 g/mol. The van der Waals surface area contributed by atoms with Crippen molar-refractivity contribution in [3.8, 4) is 0 Å². The number of ether oxygens (including phenoxy) is 2. The van der Waals surface area contributed by atoms with Crippen LogP contribution >= 0.6 is 0 Å². The Hall–Kier alpha value is -2.14. The van der Waals surface area contributed by atoms with Crippen LogP contribution in [0.15, 0.2) is 18.2 Å². The van der Waals surface area contributed by atoms with Crippen LogP contribution in [0.25, 0.3) is 0 Å². The van der Waals surface area contributed by atoms with Crippen molar-refractivity contribution < 1.29 is 38.1 Å². The van der Waals surface area contributed by atoms with E-state index in [1.807, 2.05) is 13.8 Å². The van der Waals surface area contributed by atoms with Crippen molar-refractivity contribution in [2.75, 3.05) is 40.0 Å². The Kier molecular flexibility index (Phi) is 11.5. The summed E-state index contributed by atoms with van der Waals surface area (Å²) in [7, 11) is 1.37. The third-order valence-corrected chi connectivity index (χ3v) is 6.20. The van der Waals surface area contributed by atoms with Gasteiger partial charge < -0.3 is 29.5 Å². The molecule has 0 bridgehead atoms.